The molecular formula is C35H44O5. The molecule has 0 spiro atoms. The largest absolute Gasteiger partial charge is 0.493 e. The molecule has 3 aromatic rings. The molecule has 0 radical (unpaired) electrons. The maximum absolute atomic E-state index is 11.8. The van der Waals surface area contributed by atoms with Crippen molar-refractivity contribution in [2.45, 2.75) is 59.8 Å². The summed E-state index contributed by atoms with van der Waals surface area (Å²) >= 11 is 0. The molecule has 5 nitrogen and oxygen atoms in total. The van der Waals surface area contributed by atoms with Gasteiger partial charge in [-0.25, -0.2) is 4.79 Å². The van der Waals surface area contributed by atoms with Crippen LogP contribution in [-0.4, -0.2) is 42.6 Å². The van der Waals surface area contributed by atoms with E-state index in [9.17, 15) is 15.0 Å². The van der Waals surface area contributed by atoms with Crippen LogP contribution in [0.4, 0.5) is 0 Å². The zero-order valence-electron chi connectivity index (χ0n) is 24.5. The highest BCUT2D eigenvalue weighted by molar-refractivity contribution is 5.86. The lowest BCUT2D eigenvalue weighted by atomic mass is 9.82. The van der Waals surface area contributed by atoms with E-state index in [0.717, 1.165) is 35.3 Å². The molecule has 3 aromatic carbocycles. The average molecular weight is 545 g/mol. The van der Waals surface area contributed by atoms with Crippen LogP contribution in [0.2, 0.25) is 0 Å². The van der Waals surface area contributed by atoms with Crippen LogP contribution in [0.3, 0.4) is 0 Å². The maximum Gasteiger partial charge on any atom is 0.333 e. The highest BCUT2D eigenvalue weighted by Crippen LogP contribution is 2.33. The first-order valence-electron chi connectivity index (χ1n) is 14.2. The molecule has 0 fully saturated rings. The van der Waals surface area contributed by atoms with Crippen LogP contribution in [0.1, 0.15) is 56.2 Å². The molecule has 0 amide bonds. The number of carbonyl (C=O) groups is 1. The molecule has 0 saturated carbocycles. The Bertz CT molecular complexity index is 1270. The molecule has 3 rings (SSSR count). The predicted molar refractivity (Wildman–Crippen MR) is 163 cm³/mol. The van der Waals surface area contributed by atoms with E-state index in [1.807, 2.05) is 13.0 Å². The lowest BCUT2D eigenvalue weighted by molar-refractivity contribution is -0.139. The number of aliphatic hydroxyl groups excluding tert-OH is 2. The van der Waals surface area contributed by atoms with Crippen molar-refractivity contribution in [1.82, 2.24) is 0 Å². The Hall–Kier alpha value is -3.41. The molecule has 0 atom stereocenters. The first-order chi connectivity index (χ1) is 19.2. The van der Waals surface area contributed by atoms with Gasteiger partial charge in [0.1, 0.15) is 5.75 Å². The Morgan fingerprint density at radius 1 is 0.875 bits per heavy atom. The summed E-state index contributed by atoms with van der Waals surface area (Å²) in [5.41, 5.74) is 7.93. The monoisotopic (exact) mass is 544 g/mol. The number of rotatable bonds is 15. The van der Waals surface area contributed by atoms with E-state index in [-0.39, 0.29) is 19.2 Å². The van der Waals surface area contributed by atoms with Gasteiger partial charge in [0.2, 0.25) is 0 Å². The summed E-state index contributed by atoms with van der Waals surface area (Å²) in [6, 6.07) is 21.3. The second-order valence-electron chi connectivity index (χ2n) is 10.9. The van der Waals surface area contributed by atoms with Crippen molar-refractivity contribution in [2.24, 2.45) is 5.41 Å². The molecule has 0 aliphatic carbocycles. The summed E-state index contributed by atoms with van der Waals surface area (Å²) < 4.78 is 11.5. The third kappa shape index (κ3) is 8.30. The second-order valence-corrected chi connectivity index (χ2v) is 10.9. The first kappa shape index (κ1) is 31.1. The Kier molecular flexibility index (Phi) is 11.5. The molecule has 0 unspecified atom stereocenters. The SMILES string of the molecule is C=C(C)C(=O)OCCCc1cc(-c2ccc(-c3ccc(C)cc3)cc2C)ccc1OCCC(CO)(CO)CCC. The Balaban J connectivity index is 1.83. The van der Waals surface area contributed by atoms with Crippen LogP contribution in [0.25, 0.3) is 22.3 Å². The molecule has 214 valence electrons. The molecule has 2 N–H and O–H groups in total. The number of hydrogen-bond acceptors (Lipinski definition) is 5. The lowest BCUT2D eigenvalue weighted by Crippen LogP contribution is -2.31. The van der Waals surface area contributed by atoms with Gasteiger partial charge in [-0.2, -0.15) is 0 Å². The number of carbonyl (C=O) groups excluding carboxylic acids is 1. The van der Waals surface area contributed by atoms with Crippen LogP contribution >= 0.6 is 0 Å². The summed E-state index contributed by atoms with van der Waals surface area (Å²) in [5.74, 6) is 0.389. The molecule has 0 aromatic heterocycles. The van der Waals surface area contributed by atoms with E-state index >= 15 is 0 Å². The van der Waals surface area contributed by atoms with Gasteiger partial charge in [-0.3, -0.25) is 0 Å². The van der Waals surface area contributed by atoms with Gasteiger partial charge in [0, 0.05) is 11.0 Å². The molecular weight excluding hydrogens is 500 g/mol. The van der Waals surface area contributed by atoms with Gasteiger partial charge >= 0.3 is 5.97 Å². The van der Waals surface area contributed by atoms with Gasteiger partial charge in [-0.1, -0.05) is 74.0 Å². The normalized spacial score (nSPS) is 11.3. The standard InChI is InChI=1S/C35H44O5/c1-6-17-35(23-36,24-37)18-20-39-33-16-14-30(22-31(33)8-7-19-40-34(38)25(2)3)32-15-13-29(21-27(32)5)28-11-9-26(4)10-12-28/h9-16,21-22,36-37H,2,6-8,17-20,23-24H2,1,3-5H3. The summed E-state index contributed by atoms with van der Waals surface area (Å²) in [6.45, 7) is 12.1. The second kappa shape index (κ2) is 14.8. The highest BCUT2D eigenvalue weighted by atomic mass is 16.5. The fraction of sp³-hybridized carbons (Fsp3) is 0.400. The van der Waals surface area contributed by atoms with Crippen LogP contribution < -0.4 is 4.74 Å². The first-order valence-corrected chi connectivity index (χ1v) is 14.2. The molecule has 0 aliphatic heterocycles. The summed E-state index contributed by atoms with van der Waals surface area (Å²) in [4.78, 5) is 11.8. The van der Waals surface area contributed by atoms with E-state index in [1.54, 1.807) is 6.92 Å². The van der Waals surface area contributed by atoms with Crippen LogP contribution in [0.15, 0.2) is 72.8 Å². The number of ether oxygens (including phenoxy) is 2. The summed E-state index contributed by atoms with van der Waals surface area (Å²) in [7, 11) is 0. The van der Waals surface area contributed by atoms with Crippen molar-refractivity contribution in [3.63, 3.8) is 0 Å². The number of esters is 1. The van der Waals surface area contributed by atoms with Gasteiger partial charge in [-0.05, 0) is 92.0 Å². The number of hydrogen-bond donors (Lipinski definition) is 2. The molecule has 40 heavy (non-hydrogen) atoms. The Morgan fingerprint density at radius 2 is 1.55 bits per heavy atom. The average Bonchev–Trinajstić information content (AvgIpc) is 2.95. The van der Waals surface area contributed by atoms with E-state index in [2.05, 4.69) is 75.0 Å². The zero-order valence-corrected chi connectivity index (χ0v) is 24.5. The minimum Gasteiger partial charge on any atom is -0.493 e. The zero-order chi connectivity index (χ0) is 29.1. The molecule has 0 bridgehead atoms. The van der Waals surface area contributed by atoms with E-state index < -0.39 is 5.41 Å². The van der Waals surface area contributed by atoms with Crippen LogP contribution in [-0.2, 0) is 16.0 Å². The Morgan fingerprint density at radius 3 is 2.17 bits per heavy atom. The van der Waals surface area contributed by atoms with Crippen LogP contribution in [0, 0.1) is 19.3 Å². The third-order valence-corrected chi connectivity index (χ3v) is 7.50. The summed E-state index contributed by atoms with van der Waals surface area (Å²) in [6.07, 6.45) is 3.50. The lowest BCUT2D eigenvalue weighted by Gasteiger charge is -2.29. The quantitative estimate of drug-likeness (QED) is 0.120. The van der Waals surface area contributed by atoms with Crippen molar-refractivity contribution < 1.29 is 24.5 Å². The summed E-state index contributed by atoms with van der Waals surface area (Å²) in [5, 5.41) is 19.8. The Labute approximate surface area is 239 Å². The van der Waals surface area contributed by atoms with Gasteiger partial charge in [0.25, 0.3) is 0 Å². The maximum atomic E-state index is 11.8. The van der Waals surface area contributed by atoms with Gasteiger partial charge in [0.05, 0.1) is 26.4 Å². The van der Waals surface area contributed by atoms with Crippen molar-refractivity contribution in [2.75, 3.05) is 26.4 Å². The molecule has 0 saturated heterocycles. The number of benzene rings is 3. The minimum absolute atomic E-state index is 0.0710. The van der Waals surface area contributed by atoms with Crippen molar-refractivity contribution in [3.05, 3.63) is 89.5 Å². The van der Waals surface area contributed by atoms with Crippen molar-refractivity contribution in [1.29, 1.82) is 0 Å². The smallest absolute Gasteiger partial charge is 0.333 e. The topological polar surface area (TPSA) is 76.0 Å². The fourth-order valence-electron chi connectivity index (χ4n) is 4.95. The van der Waals surface area contributed by atoms with Crippen molar-refractivity contribution in [3.8, 4) is 28.0 Å². The number of aryl methyl sites for hydroxylation is 3. The highest BCUT2D eigenvalue weighted by Gasteiger charge is 2.27. The molecule has 0 heterocycles. The van der Waals surface area contributed by atoms with E-state index in [4.69, 9.17) is 9.47 Å². The van der Waals surface area contributed by atoms with E-state index in [0.29, 0.717) is 38.0 Å². The van der Waals surface area contributed by atoms with E-state index in [1.165, 1.54) is 22.3 Å². The third-order valence-electron chi connectivity index (χ3n) is 7.50. The number of aliphatic hydroxyl groups is 2. The minimum atomic E-state index is -0.540. The van der Waals surface area contributed by atoms with Crippen LogP contribution in [0.5, 0.6) is 5.75 Å². The fourth-order valence-corrected chi connectivity index (χ4v) is 4.95. The van der Waals surface area contributed by atoms with Gasteiger partial charge < -0.3 is 19.7 Å². The molecule has 5 heteroatoms. The van der Waals surface area contributed by atoms with Gasteiger partial charge in [0.15, 0.2) is 0 Å². The van der Waals surface area contributed by atoms with Gasteiger partial charge in [-0.15, -0.1) is 0 Å². The predicted octanol–water partition coefficient (Wildman–Crippen LogP) is 7.23. The molecule has 0 aliphatic rings. The van der Waals surface area contributed by atoms with Crippen molar-refractivity contribution >= 4 is 5.97 Å².